The van der Waals surface area contributed by atoms with E-state index in [0.717, 1.165) is 28.9 Å². The van der Waals surface area contributed by atoms with Crippen molar-refractivity contribution in [2.24, 2.45) is 0 Å². The van der Waals surface area contributed by atoms with E-state index in [1.54, 1.807) is 12.1 Å². The van der Waals surface area contributed by atoms with Gasteiger partial charge in [-0.1, -0.05) is 48.5 Å². The third kappa shape index (κ3) is 3.10. The van der Waals surface area contributed by atoms with E-state index in [9.17, 15) is 14.0 Å². The third-order valence-electron chi connectivity index (χ3n) is 4.99. The van der Waals surface area contributed by atoms with Crippen LogP contribution in [0.25, 0.3) is 11.1 Å². The zero-order valence-electron chi connectivity index (χ0n) is 14.5. The number of hydrogen-bond acceptors (Lipinski definition) is 3. The monoisotopic (exact) mass is 376 g/mol. The topological polar surface area (TPSA) is 34.1 Å². The smallest absolute Gasteiger partial charge is 0.178 e. The molecule has 0 heterocycles. The van der Waals surface area contributed by atoms with Gasteiger partial charge >= 0.3 is 0 Å². The Balaban J connectivity index is 1.76. The molecule has 0 saturated carbocycles. The van der Waals surface area contributed by atoms with Crippen LogP contribution in [-0.2, 0) is 6.42 Å². The molecule has 27 heavy (non-hydrogen) atoms. The van der Waals surface area contributed by atoms with E-state index in [1.807, 2.05) is 30.3 Å². The minimum atomic E-state index is -0.886. The van der Waals surface area contributed by atoms with Gasteiger partial charge in [-0.3, -0.25) is 9.59 Å². The summed E-state index contributed by atoms with van der Waals surface area (Å²) in [6.07, 6.45) is 0.821. The van der Waals surface area contributed by atoms with Crippen LogP contribution < -0.4 is 0 Å². The quantitative estimate of drug-likeness (QED) is 0.506. The summed E-state index contributed by atoms with van der Waals surface area (Å²) in [5, 5.41) is 0. The fraction of sp³-hybridized carbons (Fsp3) is 0.130. The highest BCUT2D eigenvalue weighted by molar-refractivity contribution is 7.80. The van der Waals surface area contributed by atoms with Gasteiger partial charge in [0.25, 0.3) is 0 Å². The maximum atomic E-state index is 13.2. The molecular formula is C23H17FO2S. The van der Waals surface area contributed by atoms with Crippen LogP contribution in [0.3, 0.4) is 0 Å². The van der Waals surface area contributed by atoms with E-state index in [4.69, 9.17) is 0 Å². The van der Waals surface area contributed by atoms with Crippen molar-refractivity contribution in [3.8, 4) is 11.1 Å². The average molecular weight is 376 g/mol. The van der Waals surface area contributed by atoms with Crippen molar-refractivity contribution in [1.29, 1.82) is 0 Å². The number of halogens is 1. The maximum absolute atomic E-state index is 13.2. The molecule has 134 valence electrons. The van der Waals surface area contributed by atoms with E-state index in [1.165, 1.54) is 24.3 Å². The molecule has 4 rings (SSSR count). The molecule has 1 aliphatic carbocycles. The molecule has 3 aromatic rings. The number of carbonyl (C=O) groups excluding carboxylic acids is 2. The van der Waals surface area contributed by atoms with Crippen molar-refractivity contribution in [3.05, 3.63) is 94.8 Å². The Morgan fingerprint density at radius 3 is 2.26 bits per heavy atom. The van der Waals surface area contributed by atoms with Crippen LogP contribution in [0.15, 0.2) is 66.7 Å². The summed E-state index contributed by atoms with van der Waals surface area (Å²) in [5.41, 5.74) is 4.50. The summed E-state index contributed by atoms with van der Waals surface area (Å²) in [6, 6.07) is 19.0. The molecule has 0 N–H and O–H groups in total. The molecule has 1 unspecified atom stereocenters. The lowest BCUT2D eigenvalue weighted by atomic mass is 9.94. The fourth-order valence-corrected chi connectivity index (χ4v) is 3.90. The van der Waals surface area contributed by atoms with Gasteiger partial charge < -0.3 is 0 Å². The maximum Gasteiger partial charge on any atom is 0.178 e. The van der Waals surface area contributed by atoms with Crippen molar-refractivity contribution < 1.29 is 14.0 Å². The van der Waals surface area contributed by atoms with Gasteiger partial charge in [0.15, 0.2) is 11.6 Å². The number of hydrogen-bond donors (Lipinski definition) is 1. The minimum Gasteiger partial charge on any atom is -0.293 e. The van der Waals surface area contributed by atoms with Crippen molar-refractivity contribution in [2.45, 2.75) is 12.3 Å². The Hall–Kier alpha value is -2.72. The van der Waals surface area contributed by atoms with Crippen LogP contribution in [-0.4, -0.2) is 17.3 Å². The standard InChI is InChI=1S/C23H17FO2S/c24-17-8-5-15(6-9-17)21-22(25)19-10-7-16(13-20(19)23(21)26)18-4-2-1-3-14(18)11-12-27/h1-10,13,21,27H,11-12H2. The first-order valence-corrected chi connectivity index (χ1v) is 9.40. The van der Waals surface area contributed by atoms with E-state index in [0.29, 0.717) is 16.7 Å². The predicted molar refractivity (Wildman–Crippen MR) is 107 cm³/mol. The van der Waals surface area contributed by atoms with Gasteiger partial charge in [-0.05, 0) is 52.6 Å². The first-order valence-electron chi connectivity index (χ1n) is 8.77. The van der Waals surface area contributed by atoms with Gasteiger partial charge in [0, 0.05) is 11.1 Å². The zero-order chi connectivity index (χ0) is 19.0. The van der Waals surface area contributed by atoms with Crippen molar-refractivity contribution in [1.82, 2.24) is 0 Å². The molecule has 0 amide bonds. The van der Waals surface area contributed by atoms with E-state index in [-0.39, 0.29) is 11.6 Å². The lowest BCUT2D eigenvalue weighted by molar-refractivity contribution is 0.0890. The lowest BCUT2D eigenvalue weighted by Gasteiger charge is -2.10. The molecule has 1 aliphatic rings. The van der Waals surface area contributed by atoms with Crippen molar-refractivity contribution >= 4 is 24.2 Å². The molecule has 4 heteroatoms. The fourth-order valence-electron chi connectivity index (χ4n) is 3.66. The summed E-state index contributed by atoms with van der Waals surface area (Å²) in [6.45, 7) is 0. The molecule has 3 aromatic carbocycles. The summed E-state index contributed by atoms with van der Waals surface area (Å²) >= 11 is 4.32. The molecule has 0 fully saturated rings. The molecular weight excluding hydrogens is 359 g/mol. The van der Waals surface area contributed by atoms with E-state index < -0.39 is 11.7 Å². The van der Waals surface area contributed by atoms with Gasteiger partial charge in [-0.15, -0.1) is 0 Å². The number of benzene rings is 3. The highest BCUT2D eigenvalue weighted by atomic mass is 32.1. The Morgan fingerprint density at radius 1 is 0.815 bits per heavy atom. The van der Waals surface area contributed by atoms with Crippen LogP contribution in [0.5, 0.6) is 0 Å². The molecule has 1 atom stereocenters. The second-order valence-electron chi connectivity index (χ2n) is 6.60. The molecule has 0 spiro atoms. The normalized spacial score (nSPS) is 15.9. The number of carbonyl (C=O) groups is 2. The first-order chi connectivity index (χ1) is 13.1. The largest absolute Gasteiger partial charge is 0.293 e. The Bertz CT molecular complexity index is 1040. The highest BCUT2D eigenvalue weighted by Crippen LogP contribution is 2.37. The molecule has 0 aliphatic heterocycles. The van der Waals surface area contributed by atoms with Crippen molar-refractivity contribution in [2.75, 3.05) is 5.75 Å². The Kier molecular flexibility index (Phi) is 4.66. The summed E-state index contributed by atoms with van der Waals surface area (Å²) < 4.78 is 13.2. The van der Waals surface area contributed by atoms with Gasteiger partial charge in [-0.25, -0.2) is 4.39 Å². The minimum absolute atomic E-state index is 0.225. The number of rotatable bonds is 4. The van der Waals surface area contributed by atoms with Crippen LogP contribution in [0.2, 0.25) is 0 Å². The number of thiol groups is 1. The summed E-state index contributed by atoms with van der Waals surface area (Å²) in [4.78, 5) is 25.7. The van der Waals surface area contributed by atoms with E-state index >= 15 is 0 Å². The Morgan fingerprint density at radius 2 is 1.52 bits per heavy atom. The molecule has 0 radical (unpaired) electrons. The van der Waals surface area contributed by atoms with Crippen LogP contribution in [0.1, 0.15) is 37.8 Å². The van der Waals surface area contributed by atoms with Crippen LogP contribution in [0.4, 0.5) is 4.39 Å². The molecule has 0 aromatic heterocycles. The highest BCUT2D eigenvalue weighted by Gasteiger charge is 2.39. The molecule has 2 nitrogen and oxygen atoms in total. The van der Waals surface area contributed by atoms with Crippen LogP contribution >= 0.6 is 12.6 Å². The predicted octanol–water partition coefficient (Wildman–Crippen LogP) is 5.13. The SMILES string of the molecule is O=C1c2ccc(-c3ccccc3CCS)cc2C(=O)C1c1ccc(F)cc1. The number of ketones is 2. The Labute approximate surface area is 162 Å². The lowest BCUT2D eigenvalue weighted by Crippen LogP contribution is -2.12. The summed E-state index contributed by atoms with van der Waals surface area (Å²) in [5.74, 6) is -1.00. The summed E-state index contributed by atoms with van der Waals surface area (Å²) in [7, 11) is 0. The second-order valence-corrected chi connectivity index (χ2v) is 7.05. The molecule has 0 bridgehead atoms. The zero-order valence-corrected chi connectivity index (χ0v) is 15.4. The number of aryl methyl sites for hydroxylation is 1. The van der Waals surface area contributed by atoms with Gasteiger partial charge in [-0.2, -0.15) is 12.6 Å². The third-order valence-corrected chi connectivity index (χ3v) is 5.21. The first kappa shape index (κ1) is 17.7. The molecule has 0 saturated heterocycles. The van der Waals surface area contributed by atoms with Gasteiger partial charge in [0.05, 0.1) is 0 Å². The number of Topliss-reactive ketones (excluding diaryl/α,β-unsaturated/α-hetero) is 2. The van der Waals surface area contributed by atoms with Crippen LogP contribution in [0, 0.1) is 5.82 Å². The van der Waals surface area contributed by atoms with Gasteiger partial charge in [0.1, 0.15) is 11.7 Å². The average Bonchev–Trinajstić information content (AvgIpc) is 2.93. The van der Waals surface area contributed by atoms with Crippen molar-refractivity contribution in [3.63, 3.8) is 0 Å². The number of fused-ring (bicyclic) bond motifs is 1. The second kappa shape index (κ2) is 7.12. The van der Waals surface area contributed by atoms with Gasteiger partial charge in [0.2, 0.25) is 0 Å². The van der Waals surface area contributed by atoms with E-state index in [2.05, 4.69) is 12.6 Å².